The summed E-state index contributed by atoms with van der Waals surface area (Å²) in [6, 6.07) is 16.0. The zero-order valence-electron chi connectivity index (χ0n) is 15.2. The molecule has 1 aliphatic carbocycles. The zero-order valence-corrected chi connectivity index (χ0v) is 15.2. The number of aromatic nitrogens is 2. The maximum atomic E-state index is 13.0. The zero-order chi connectivity index (χ0) is 18.3. The normalized spacial score (nSPS) is 16.0. The number of fused-ring (bicyclic) bond motifs is 2. The number of para-hydroxylation sites is 2. The molecule has 3 aromatic rings. The van der Waals surface area contributed by atoms with E-state index in [1.807, 2.05) is 50.4 Å². The number of rotatable bonds is 4. The predicted octanol–water partition coefficient (Wildman–Crippen LogP) is 2.97. The van der Waals surface area contributed by atoms with Crippen LogP contribution < -0.4 is 5.69 Å². The summed E-state index contributed by atoms with van der Waals surface area (Å²) in [6.45, 7) is 2.61. The third-order valence-electron chi connectivity index (χ3n) is 5.50. The monoisotopic (exact) mass is 349 g/mol. The highest BCUT2D eigenvalue weighted by molar-refractivity contribution is 5.81. The van der Waals surface area contributed by atoms with Crippen LogP contribution in [-0.2, 0) is 24.3 Å². The Morgan fingerprint density at radius 1 is 1.08 bits per heavy atom. The molecule has 5 heteroatoms. The fourth-order valence-electron chi connectivity index (χ4n) is 4.09. The molecule has 0 saturated heterocycles. The lowest BCUT2D eigenvalue weighted by Crippen LogP contribution is -2.36. The van der Waals surface area contributed by atoms with Crippen molar-refractivity contribution in [2.45, 2.75) is 38.9 Å². The van der Waals surface area contributed by atoms with Crippen LogP contribution in [0.1, 0.15) is 30.5 Å². The Kier molecular flexibility index (Phi) is 4.15. The van der Waals surface area contributed by atoms with Crippen molar-refractivity contribution < 1.29 is 4.79 Å². The third kappa shape index (κ3) is 2.55. The average Bonchev–Trinajstić information content (AvgIpc) is 3.21. The predicted molar refractivity (Wildman–Crippen MR) is 102 cm³/mol. The lowest BCUT2D eigenvalue weighted by Gasteiger charge is -2.25. The number of aryl methyl sites for hydroxylation is 2. The quantitative estimate of drug-likeness (QED) is 0.727. The molecule has 1 aromatic heterocycles. The van der Waals surface area contributed by atoms with Gasteiger partial charge in [-0.05, 0) is 43.0 Å². The molecule has 0 N–H and O–H groups in total. The van der Waals surface area contributed by atoms with Gasteiger partial charge in [-0.1, -0.05) is 36.4 Å². The summed E-state index contributed by atoms with van der Waals surface area (Å²) < 4.78 is 3.31. The molecule has 1 heterocycles. The Labute approximate surface area is 152 Å². The van der Waals surface area contributed by atoms with E-state index in [4.69, 9.17) is 0 Å². The Morgan fingerprint density at radius 3 is 2.46 bits per heavy atom. The van der Waals surface area contributed by atoms with Crippen LogP contribution in [0.15, 0.2) is 53.3 Å². The number of hydrogen-bond donors (Lipinski definition) is 0. The molecule has 1 atom stereocenters. The largest absolute Gasteiger partial charge is 0.337 e. The SMILES string of the molecule is CCn1c(=O)n(CC(=O)N(C)C2CCc3ccccc32)c2ccccc21. The lowest BCUT2D eigenvalue weighted by molar-refractivity contribution is -0.132. The van der Waals surface area contributed by atoms with Gasteiger partial charge in [-0.2, -0.15) is 0 Å². The van der Waals surface area contributed by atoms with Gasteiger partial charge in [0.2, 0.25) is 5.91 Å². The number of likely N-dealkylation sites (N-methyl/N-ethyl adjacent to an activating group) is 1. The van der Waals surface area contributed by atoms with Gasteiger partial charge in [0, 0.05) is 13.6 Å². The van der Waals surface area contributed by atoms with Crippen molar-refractivity contribution in [3.63, 3.8) is 0 Å². The second kappa shape index (κ2) is 6.48. The molecule has 5 nitrogen and oxygen atoms in total. The standard InChI is InChI=1S/C21H23N3O2/c1-3-23-18-10-6-7-11-19(18)24(21(23)26)14-20(25)22(2)17-13-12-15-8-4-5-9-16(15)17/h4-11,17H,3,12-14H2,1-2H3. The van der Waals surface area contributed by atoms with Crippen molar-refractivity contribution in [1.29, 1.82) is 0 Å². The minimum Gasteiger partial charge on any atom is -0.337 e. The number of carbonyl (C=O) groups is 1. The van der Waals surface area contributed by atoms with E-state index >= 15 is 0 Å². The van der Waals surface area contributed by atoms with Gasteiger partial charge >= 0.3 is 5.69 Å². The summed E-state index contributed by atoms with van der Waals surface area (Å²) in [5, 5.41) is 0. The average molecular weight is 349 g/mol. The molecule has 0 fully saturated rings. The molecule has 0 saturated carbocycles. The fraction of sp³-hybridized carbons (Fsp3) is 0.333. The van der Waals surface area contributed by atoms with Crippen molar-refractivity contribution in [1.82, 2.24) is 14.0 Å². The number of hydrogen-bond acceptors (Lipinski definition) is 2. The minimum absolute atomic E-state index is 0.0344. The summed E-state index contributed by atoms with van der Waals surface area (Å²) in [5.41, 5.74) is 4.11. The number of carbonyl (C=O) groups excluding carboxylic acids is 1. The number of imidazole rings is 1. The van der Waals surface area contributed by atoms with E-state index in [0.717, 1.165) is 23.9 Å². The maximum absolute atomic E-state index is 13.0. The van der Waals surface area contributed by atoms with E-state index in [1.165, 1.54) is 11.1 Å². The van der Waals surface area contributed by atoms with Crippen LogP contribution in [0.25, 0.3) is 11.0 Å². The van der Waals surface area contributed by atoms with E-state index in [-0.39, 0.29) is 24.2 Å². The van der Waals surface area contributed by atoms with Crippen LogP contribution in [0.4, 0.5) is 0 Å². The van der Waals surface area contributed by atoms with Crippen molar-refractivity contribution in [3.05, 3.63) is 70.1 Å². The Bertz CT molecular complexity index is 1030. The van der Waals surface area contributed by atoms with Gasteiger partial charge in [0.25, 0.3) is 0 Å². The molecule has 1 unspecified atom stereocenters. The maximum Gasteiger partial charge on any atom is 0.329 e. The highest BCUT2D eigenvalue weighted by Gasteiger charge is 2.28. The van der Waals surface area contributed by atoms with Crippen molar-refractivity contribution >= 4 is 16.9 Å². The van der Waals surface area contributed by atoms with Crippen LogP contribution >= 0.6 is 0 Å². The second-order valence-corrected chi connectivity index (χ2v) is 6.86. The van der Waals surface area contributed by atoms with Crippen molar-refractivity contribution in [3.8, 4) is 0 Å². The topological polar surface area (TPSA) is 47.2 Å². The lowest BCUT2D eigenvalue weighted by atomic mass is 10.1. The van der Waals surface area contributed by atoms with Gasteiger partial charge < -0.3 is 4.90 Å². The fourth-order valence-corrected chi connectivity index (χ4v) is 4.09. The van der Waals surface area contributed by atoms with Crippen molar-refractivity contribution in [2.75, 3.05) is 7.05 Å². The Morgan fingerprint density at radius 2 is 1.73 bits per heavy atom. The first kappa shape index (κ1) is 16.6. The van der Waals surface area contributed by atoms with Gasteiger partial charge in [0.1, 0.15) is 6.54 Å². The van der Waals surface area contributed by atoms with Crippen LogP contribution in [0.3, 0.4) is 0 Å². The summed E-state index contributed by atoms with van der Waals surface area (Å²) in [7, 11) is 1.85. The molecule has 0 bridgehead atoms. The first-order chi connectivity index (χ1) is 12.6. The molecule has 1 amide bonds. The highest BCUT2D eigenvalue weighted by atomic mass is 16.2. The summed E-state index contributed by atoms with van der Waals surface area (Å²) in [5.74, 6) is -0.0344. The van der Waals surface area contributed by atoms with Crippen LogP contribution in [0, 0.1) is 0 Å². The molecule has 2 aromatic carbocycles. The number of benzene rings is 2. The molecule has 26 heavy (non-hydrogen) atoms. The number of amides is 1. The number of nitrogens with zero attached hydrogens (tertiary/aromatic N) is 3. The third-order valence-corrected chi connectivity index (χ3v) is 5.50. The van der Waals surface area contributed by atoms with E-state index in [9.17, 15) is 9.59 Å². The molecule has 4 rings (SSSR count). The van der Waals surface area contributed by atoms with E-state index in [2.05, 4.69) is 12.1 Å². The van der Waals surface area contributed by atoms with Crippen molar-refractivity contribution in [2.24, 2.45) is 0 Å². The Hall–Kier alpha value is -2.82. The first-order valence-electron chi connectivity index (χ1n) is 9.13. The molecular formula is C21H23N3O2. The van der Waals surface area contributed by atoms with Gasteiger partial charge in [-0.3, -0.25) is 13.9 Å². The molecule has 1 aliphatic rings. The van der Waals surface area contributed by atoms with Gasteiger partial charge in [0.05, 0.1) is 17.1 Å². The van der Waals surface area contributed by atoms with Crippen LogP contribution in [-0.4, -0.2) is 27.0 Å². The minimum atomic E-state index is -0.123. The van der Waals surface area contributed by atoms with Gasteiger partial charge in [-0.15, -0.1) is 0 Å². The van der Waals surface area contributed by atoms with Gasteiger partial charge in [0.15, 0.2) is 0 Å². The summed E-state index contributed by atoms with van der Waals surface area (Å²) in [6.07, 6.45) is 1.93. The smallest absolute Gasteiger partial charge is 0.329 e. The van der Waals surface area contributed by atoms with Gasteiger partial charge in [-0.25, -0.2) is 4.79 Å². The second-order valence-electron chi connectivity index (χ2n) is 6.86. The summed E-state index contributed by atoms with van der Waals surface area (Å²) >= 11 is 0. The van der Waals surface area contributed by atoms with E-state index in [1.54, 1.807) is 14.0 Å². The molecule has 0 aliphatic heterocycles. The van der Waals surface area contributed by atoms with Crippen LogP contribution in [0.2, 0.25) is 0 Å². The molecule has 0 radical (unpaired) electrons. The van der Waals surface area contributed by atoms with E-state index < -0.39 is 0 Å². The summed E-state index contributed by atoms with van der Waals surface area (Å²) in [4.78, 5) is 27.5. The first-order valence-corrected chi connectivity index (χ1v) is 9.13. The molecule has 0 spiro atoms. The molecule has 134 valence electrons. The van der Waals surface area contributed by atoms with E-state index in [0.29, 0.717) is 6.54 Å². The Balaban J connectivity index is 1.64. The van der Waals surface area contributed by atoms with Crippen LogP contribution in [0.5, 0.6) is 0 Å². The highest BCUT2D eigenvalue weighted by Crippen LogP contribution is 2.34. The molecular weight excluding hydrogens is 326 g/mol.